The van der Waals surface area contributed by atoms with E-state index in [9.17, 15) is 9.18 Å². The minimum absolute atomic E-state index is 0.159. The first-order chi connectivity index (χ1) is 10.5. The van der Waals surface area contributed by atoms with Gasteiger partial charge in [0.2, 0.25) is 5.91 Å². The number of aryl methyl sites for hydroxylation is 2. The van der Waals surface area contributed by atoms with Crippen LogP contribution >= 0.6 is 0 Å². The van der Waals surface area contributed by atoms with Gasteiger partial charge in [0.1, 0.15) is 5.82 Å². The van der Waals surface area contributed by atoms with Crippen molar-refractivity contribution in [1.29, 1.82) is 0 Å². The number of benzene rings is 1. The summed E-state index contributed by atoms with van der Waals surface area (Å²) in [6.45, 7) is 2.39. The third kappa shape index (κ3) is 4.84. The molecule has 0 saturated heterocycles. The predicted molar refractivity (Wildman–Crippen MR) is 84.6 cm³/mol. The molecule has 0 fully saturated rings. The van der Waals surface area contributed by atoms with Gasteiger partial charge in [0.05, 0.1) is 6.20 Å². The number of hydrogen-bond donors (Lipinski definition) is 1. The molecule has 1 heterocycles. The molecular formula is C17H20FN3O. The van der Waals surface area contributed by atoms with Gasteiger partial charge in [0.15, 0.2) is 0 Å². The molecule has 22 heavy (non-hydrogen) atoms. The lowest BCUT2D eigenvalue weighted by molar-refractivity contribution is -0.116. The lowest BCUT2D eigenvalue weighted by atomic mass is 10.1. The second-order valence-corrected chi connectivity index (χ2v) is 5.25. The maximum atomic E-state index is 13.1. The average Bonchev–Trinajstić information content (AvgIpc) is 2.89. The molecule has 1 N–H and O–H groups in total. The highest BCUT2D eigenvalue weighted by Crippen LogP contribution is 2.14. The summed E-state index contributed by atoms with van der Waals surface area (Å²) in [5.74, 6) is -0.463. The fourth-order valence-electron chi connectivity index (χ4n) is 2.17. The van der Waals surface area contributed by atoms with Crippen LogP contribution in [0.1, 0.15) is 24.5 Å². The highest BCUT2D eigenvalue weighted by atomic mass is 19.1. The number of aromatic nitrogens is 2. The van der Waals surface area contributed by atoms with E-state index in [1.807, 2.05) is 19.4 Å². The van der Waals surface area contributed by atoms with Gasteiger partial charge in [-0.15, -0.1) is 0 Å². The number of nitrogens with one attached hydrogen (secondary N) is 1. The standard InChI is InChI=1S/C17H20FN3O/c1-13(15-6-3-7-16(18)10-15)9-17(22)19-8-4-5-14-11-20-21(2)12-14/h3,6-7,9-12H,4-5,8H2,1-2H3,(H,19,22)/b13-9-. The molecule has 0 aliphatic heterocycles. The van der Waals surface area contributed by atoms with Crippen LogP contribution < -0.4 is 5.32 Å². The summed E-state index contributed by atoms with van der Waals surface area (Å²) >= 11 is 0. The molecule has 2 aromatic rings. The van der Waals surface area contributed by atoms with Gasteiger partial charge in [-0.05, 0) is 48.6 Å². The summed E-state index contributed by atoms with van der Waals surface area (Å²) in [4.78, 5) is 11.8. The van der Waals surface area contributed by atoms with Crippen LogP contribution in [0, 0.1) is 5.82 Å². The third-order valence-corrected chi connectivity index (χ3v) is 3.33. The minimum Gasteiger partial charge on any atom is -0.353 e. The average molecular weight is 301 g/mol. The minimum atomic E-state index is -0.304. The van der Waals surface area contributed by atoms with Crippen LogP contribution in [-0.2, 0) is 18.3 Å². The van der Waals surface area contributed by atoms with E-state index in [0.717, 1.165) is 24.0 Å². The van der Waals surface area contributed by atoms with Crippen LogP contribution in [0.4, 0.5) is 4.39 Å². The molecule has 2 rings (SSSR count). The summed E-state index contributed by atoms with van der Waals surface area (Å²) in [6, 6.07) is 6.22. The molecule has 0 aliphatic carbocycles. The van der Waals surface area contributed by atoms with Crippen LogP contribution in [0.3, 0.4) is 0 Å². The monoisotopic (exact) mass is 301 g/mol. The fraction of sp³-hybridized carbons (Fsp3) is 0.294. The van der Waals surface area contributed by atoms with Crippen LogP contribution in [-0.4, -0.2) is 22.2 Å². The van der Waals surface area contributed by atoms with Crippen molar-refractivity contribution in [1.82, 2.24) is 15.1 Å². The molecule has 1 aromatic carbocycles. The number of amides is 1. The van der Waals surface area contributed by atoms with Crippen LogP contribution in [0.25, 0.3) is 5.57 Å². The molecule has 116 valence electrons. The van der Waals surface area contributed by atoms with Crippen molar-refractivity contribution in [2.75, 3.05) is 6.54 Å². The lowest BCUT2D eigenvalue weighted by Crippen LogP contribution is -2.22. The highest BCUT2D eigenvalue weighted by molar-refractivity contribution is 5.94. The first-order valence-corrected chi connectivity index (χ1v) is 7.24. The fourth-order valence-corrected chi connectivity index (χ4v) is 2.17. The Bertz CT molecular complexity index is 676. The Labute approximate surface area is 129 Å². The number of rotatable bonds is 6. The summed E-state index contributed by atoms with van der Waals surface area (Å²) in [5, 5.41) is 6.94. The van der Waals surface area contributed by atoms with Gasteiger partial charge in [-0.2, -0.15) is 5.10 Å². The van der Waals surface area contributed by atoms with E-state index < -0.39 is 0 Å². The van der Waals surface area contributed by atoms with Crippen molar-refractivity contribution in [2.24, 2.45) is 7.05 Å². The van der Waals surface area contributed by atoms with Crippen LogP contribution in [0.2, 0.25) is 0 Å². The van der Waals surface area contributed by atoms with Gasteiger partial charge in [-0.25, -0.2) is 4.39 Å². The Hall–Kier alpha value is -2.43. The van der Waals surface area contributed by atoms with Gasteiger partial charge in [0, 0.05) is 25.9 Å². The van der Waals surface area contributed by atoms with E-state index in [1.54, 1.807) is 23.7 Å². The first kappa shape index (κ1) is 15.9. The van der Waals surface area contributed by atoms with E-state index in [1.165, 1.54) is 18.2 Å². The molecule has 0 saturated carbocycles. The van der Waals surface area contributed by atoms with Crippen LogP contribution in [0.15, 0.2) is 42.7 Å². The predicted octanol–water partition coefficient (Wildman–Crippen LogP) is 2.71. The molecule has 4 nitrogen and oxygen atoms in total. The number of hydrogen-bond acceptors (Lipinski definition) is 2. The molecule has 0 spiro atoms. The number of carbonyl (C=O) groups is 1. The normalized spacial score (nSPS) is 11.5. The second kappa shape index (κ2) is 7.54. The maximum absolute atomic E-state index is 13.1. The van der Waals surface area contributed by atoms with E-state index in [-0.39, 0.29) is 11.7 Å². The number of allylic oxidation sites excluding steroid dienone is 1. The second-order valence-electron chi connectivity index (χ2n) is 5.25. The van der Waals surface area contributed by atoms with E-state index in [4.69, 9.17) is 0 Å². The molecule has 0 aliphatic rings. The quantitative estimate of drug-likeness (QED) is 0.659. The van der Waals surface area contributed by atoms with Crippen molar-refractivity contribution in [2.45, 2.75) is 19.8 Å². The van der Waals surface area contributed by atoms with Gasteiger partial charge in [-0.3, -0.25) is 9.48 Å². The zero-order valence-corrected chi connectivity index (χ0v) is 12.8. The Morgan fingerprint density at radius 2 is 2.27 bits per heavy atom. The molecular weight excluding hydrogens is 281 g/mol. The summed E-state index contributed by atoms with van der Waals surface area (Å²) in [7, 11) is 1.88. The summed E-state index contributed by atoms with van der Waals surface area (Å²) in [5.41, 5.74) is 2.61. The van der Waals surface area contributed by atoms with Crippen molar-refractivity contribution >= 4 is 11.5 Å². The summed E-state index contributed by atoms with van der Waals surface area (Å²) < 4.78 is 14.9. The van der Waals surface area contributed by atoms with Crippen LogP contribution in [0.5, 0.6) is 0 Å². The first-order valence-electron chi connectivity index (χ1n) is 7.24. The van der Waals surface area contributed by atoms with E-state index in [0.29, 0.717) is 12.1 Å². The number of halogens is 1. The summed E-state index contributed by atoms with van der Waals surface area (Å²) in [6.07, 6.45) is 7.02. The largest absolute Gasteiger partial charge is 0.353 e. The lowest BCUT2D eigenvalue weighted by Gasteiger charge is -2.04. The topological polar surface area (TPSA) is 46.9 Å². The van der Waals surface area contributed by atoms with E-state index >= 15 is 0 Å². The number of nitrogens with zero attached hydrogens (tertiary/aromatic N) is 2. The SMILES string of the molecule is C/C(=C/C(=O)NCCCc1cnn(C)c1)c1cccc(F)c1. The molecule has 0 unspecified atom stereocenters. The Balaban J connectivity index is 1.78. The smallest absolute Gasteiger partial charge is 0.244 e. The number of carbonyl (C=O) groups excluding carboxylic acids is 1. The van der Waals surface area contributed by atoms with Gasteiger partial charge in [0.25, 0.3) is 0 Å². The Morgan fingerprint density at radius 3 is 2.95 bits per heavy atom. The van der Waals surface area contributed by atoms with Crippen molar-refractivity contribution in [3.63, 3.8) is 0 Å². The van der Waals surface area contributed by atoms with Crippen molar-refractivity contribution < 1.29 is 9.18 Å². The van der Waals surface area contributed by atoms with E-state index in [2.05, 4.69) is 10.4 Å². The van der Waals surface area contributed by atoms with Crippen molar-refractivity contribution in [3.8, 4) is 0 Å². The molecule has 1 amide bonds. The van der Waals surface area contributed by atoms with Gasteiger partial charge < -0.3 is 5.32 Å². The molecule has 0 atom stereocenters. The Morgan fingerprint density at radius 1 is 1.45 bits per heavy atom. The van der Waals surface area contributed by atoms with Crippen molar-refractivity contribution in [3.05, 3.63) is 59.7 Å². The molecule has 0 bridgehead atoms. The zero-order valence-electron chi connectivity index (χ0n) is 12.8. The highest BCUT2D eigenvalue weighted by Gasteiger charge is 2.02. The zero-order chi connectivity index (χ0) is 15.9. The Kier molecular flexibility index (Phi) is 5.47. The molecule has 0 radical (unpaired) electrons. The third-order valence-electron chi connectivity index (χ3n) is 3.33. The maximum Gasteiger partial charge on any atom is 0.244 e. The molecule has 1 aromatic heterocycles. The van der Waals surface area contributed by atoms with Gasteiger partial charge >= 0.3 is 0 Å². The van der Waals surface area contributed by atoms with Gasteiger partial charge in [-0.1, -0.05) is 12.1 Å². The molecule has 5 heteroatoms.